The Morgan fingerprint density at radius 3 is 1.59 bits per heavy atom. The maximum absolute atomic E-state index is 17.5. The molecule has 1 aliphatic heterocycles. The molecule has 0 amide bonds. The van der Waals surface area contributed by atoms with E-state index in [1.807, 2.05) is 157 Å². The van der Waals surface area contributed by atoms with Gasteiger partial charge < -0.3 is 14.2 Å². The van der Waals surface area contributed by atoms with Crippen molar-refractivity contribution in [1.82, 2.24) is 0 Å². The molecule has 1 aromatic heterocycles. The summed E-state index contributed by atoms with van der Waals surface area (Å²) in [6.07, 6.45) is 17.1. The molecule has 0 radical (unpaired) electrons. The van der Waals surface area contributed by atoms with Gasteiger partial charge in [0.1, 0.15) is 22.8 Å². The van der Waals surface area contributed by atoms with Crippen molar-refractivity contribution in [2.75, 3.05) is 9.80 Å². The molecule has 2 heterocycles. The molecule has 78 heavy (non-hydrogen) atoms. The molecule has 3 aliphatic rings. The van der Waals surface area contributed by atoms with Gasteiger partial charge in [-0.3, -0.25) is 0 Å². The molecule has 0 bridgehead atoms. The van der Waals surface area contributed by atoms with Crippen LogP contribution in [-0.4, -0.2) is 5.25 Å². The Balaban J connectivity index is 1.10. The van der Waals surface area contributed by atoms with Gasteiger partial charge in [0.05, 0.1) is 28.1 Å². The van der Waals surface area contributed by atoms with Gasteiger partial charge in [-0.05, 0) is 130 Å². The first kappa shape index (κ1) is 47.2. The molecule has 11 aromatic rings. The van der Waals surface area contributed by atoms with Crippen molar-refractivity contribution in [3.63, 3.8) is 0 Å². The van der Waals surface area contributed by atoms with Crippen molar-refractivity contribution in [1.29, 1.82) is 0 Å². The maximum Gasteiger partial charge on any atom is 0.147 e. The molecule has 0 saturated carbocycles. The highest BCUT2D eigenvalue weighted by molar-refractivity contribution is 8.00. The number of anilines is 6. The fourth-order valence-corrected chi connectivity index (χ4v) is 13.3. The molecule has 10 aromatic carbocycles. The van der Waals surface area contributed by atoms with E-state index in [2.05, 4.69) is 119 Å². The van der Waals surface area contributed by atoms with Crippen LogP contribution in [0.5, 0.6) is 0 Å². The van der Waals surface area contributed by atoms with Crippen molar-refractivity contribution < 1.29 is 13.2 Å². The zero-order valence-corrected chi connectivity index (χ0v) is 43.3. The van der Waals surface area contributed by atoms with Crippen molar-refractivity contribution >= 4 is 73.4 Å². The van der Waals surface area contributed by atoms with Gasteiger partial charge >= 0.3 is 0 Å². The number of hydrogen-bond acceptors (Lipinski definition) is 4. The first-order chi connectivity index (χ1) is 38.6. The van der Waals surface area contributed by atoms with Crippen LogP contribution in [0.25, 0.3) is 72.0 Å². The third-order valence-electron chi connectivity index (χ3n) is 15.4. The third kappa shape index (κ3) is 8.28. The lowest BCUT2D eigenvalue weighted by molar-refractivity contribution is 0.629. The summed E-state index contributed by atoms with van der Waals surface area (Å²) < 4.78 is 42.4. The molecule has 6 heteroatoms. The highest BCUT2D eigenvalue weighted by Crippen LogP contribution is 2.62. The van der Waals surface area contributed by atoms with Crippen molar-refractivity contribution in [2.24, 2.45) is 0 Å². The van der Waals surface area contributed by atoms with Gasteiger partial charge in [-0.1, -0.05) is 200 Å². The van der Waals surface area contributed by atoms with Crippen molar-refractivity contribution in [3.05, 3.63) is 290 Å². The smallest absolute Gasteiger partial charge is 0.147 e. The first-order valence-electron chi connectivity index (χ1n) is 26.6. The second-order valence-corrected chi connectivity index (χ2v) is 21.2. The minimum Gasteiger partial charge on any atom is -0.455 e. The number of allylic oxidation sites excluding steroid dienone is 7. The van der Waals surface area contributed by atoms with E-state index in [4.69, 9.17) is 4.42 Å². The number of furan rings is 1. The van der Waals surface area contributed by atoms with E-state index < -0.39 is 0 Å². The molecule has 0 spiro atoms. The Bertz CT molecular complexity index is 4210. The molecular weight excluding hydrogens is 979 g/mol. The number of fused-ring (bicyclic) bond motifs is 6. The van der Waals surface area contributed by atoms with Gasteiger partial charge in [0.15, 0.2) is 0 Å². The summed E-state index contributed by atoms with van der Waals surface area (Å²) in [6, 6.07) is 74.8. The Kier molecular flexibility index (Phi) is 12.1. The SMILES string of the molecule is Fc1cc(-c2ccccc2)ccc1N(c1ccccc1)c1cc(-c2ccccc2)c(-c2c(C3=CC=CCC3)cc(N(c3ccccc3)c3ccc(-c4ccccc4)cc3F)c3c2oc2ccccc23)c2c1C1C=CC=CC1S2. The molecule has 2 unspecified atom stereocenters. The zero-order valence-electron chi connectivity index (χ0n) is 42.4. The second kappa shape index (κ2) is 20.0. The molecule has 0 saturated heterocycles. The maximum atomic E-state index is 17.5. The minimum absolute atomic E-state index is 0.0486. The summed E-state index contributed by atoms with van der Waals surface area (Å²) in [6.45, 7) is 0. The van der Waals surface area contributed by atoms with Crippen LogP contribution < -0.4 is 9.80 Å². The highest BCUT2D eigenvalue weighted by atomic mass is 32.2. The summed E-state index contributed by atoms with van der Waals surface area (Å²) in [7, 11) is 0. The van der Waals surface area contributed by atoms with Gasteiger partial charge in [-0.15, -0.1) is 11.8 Å². The van der Waals surface area contributed by atoms with Crippen LogP contribution in [0.4, 0.5) is 42.9 Å². The number of nitrogens with zero attached hydrogens (tertiary/aromatic N) is 2. The minimum atomic E-state index is -0.347. The van der Waals surface area contributed by atoms with Gasteiger partial charge in [0.2, 0.25) is 0 Å². The van der Waals surface area contributed by atoms with Crippen LogP contribution in [0, 0.1) is 11.6 Å². The van der Waals surface area contributed by atoms with Crippen LogP contribution in [0.3, 0.4) is 0 Å². The Labute approximate surface area is 457 Å². The summed E-state index contributed by atoms with van der Waals surface area (Å²) in [4.78, 5) is 5.30. The summed E-state index contributed by atoms with van der Waals surface area (Å²) in [5.41, 5.74) is 16.4. The van der Waals surface area contributed by atoms with Crippen molar-refractivity contribution in [3.8, 4) is 44.5 Å². The van der Waals surface area contributed by atoms with Gasteiger partial charge in [-0.25, -0.2) is 8.78 Å². The fourth-order valence-electron chi connectivity index (χ4n) is 11.8. The number of rotatable bonds is 11. The van der Waals surface area contributed by atoms with E-state index in [0.717, 1.165) is 118 Å². The van der Waals surface area contributed by atoms with E-state index >= 15 is 8.78 Å². The van der Waals surface area contributed by atoms with E-state index in [1.54, 1.807) is 12.1 Å². The molecule has 3 nitrogen and oxygen atoms in total. The first-order valence-corrected chi connectivity index (χ1v) is 27.5. The molecular formula is C72H50F2N2OS. The van der Waals surface area contributed by atoms with Crippen LogP contribution >= 0.6 is 11.8 Å². The van der Waals surface area contributed by atoms with E-state index in [1.165, 1.54) is 0 Å². The topological polar surface area (TPSA) is 19.6 Å². The highest BCUT2D eigenvalue weighted by Gasteiger charge is 2.41. The Morgan fingerprint density at radius 1 is 0.462 bits per heavy atom. The fraction of sp³-hybridized carbons (Fsp3) is 0.0556. The van der Waals surface area contributed by atoms with Crippen LogP contribution in [-0.2, 0) is 0 Å². The van der Waals surface area contributed by atoms with E-state index in [-0.39, 0.29) is 22.8 Å². The van der Waals surface area contributed by atoms with Crippen LogP contribution in [0.2, 0.25) is 0 Å². The molecule has 14 rings (SSSR count). The summed E-state index contributed by atoms with van der Waals surface area (Å²) >= 11 is 1.86. The van der Waals surface area contributed by atoms with Crippen LogP contribution in [0.1, 0.15) is 29.9 Å². The lowest BCUT2D eigenvalue weighted by atomic mass is 9.81. The normalized spacial score (nSPS) is 15.3. The molecule has 2 aliphatic carbocycles. The quantitative estimate of drug-likeness (QED) is 0.129. The third-order valence-corrected chi connectivity index (χ3v) is 16.8. The summed E-state index contributed by atoms with van der Waals surface area (Å²) in [5, 5.41) is 1.84. The summed E-state index contributed by atoms with van der Waals surface area (Å²) in [5.74, 6) is -0.720. The van der Waals surface area contributed by atoms with Gasteiger partial charge in [0.25, 0.3) is 0 Å². The number of thioether (sulfide) groups is 1. The predicted molar refractivity (Wildman–Crippen MR) is 322 cm³/mol. The Morgan fingerprint density at radius 2 is 1.00 bits per heavy atom. The molecule has 2 atom stereocenters. The van der Waals surface area contributed by atoms with Gasteiger partial charge in [0, 0.05) is 44.0 Å². The molecule has 374 valence electrons. The molecule has 0 N–H and O–H groups in total. The average Bonchev–Trinajstić information content (AvgIpc) is 4.29. The number of benzene rings is 10. The standard InChI is InChI=1S/C72H50F2N2OS/c73-59-43-51(47-23-7-1-8-24-47)39-41-61(59)75(53-31-15-5-16-32-53)63-45-57(49-27-11-3-12-28-49)69(71-67(63)55-35-19-21-37-65(55)77-71)70-58(50-29-13-4-14-30-50)46-64(68-56-36-20-22-38-66(56)78-72(68)70)76(54-33-17-6-18-34-54)62-42-40-52(44-60(62)74)48-25-9-2-10-26-48/h1-11,13-27,29-46,56,66H,12,28H2. The van der Waals surface area contributed by atoms with Gasteiger partial charge in [-0.2, -0.15) is 0 Å². The zero-order chi connectivity index (χ0) is 52.1. The number of halogens is 2. The van der Waals surface area contributed by atoms with Crippen molar-refractivity contribution in [2.45, 2.75) is 28.9 Å². The number of para-hydroxylation sites is 3. The second-order valence-electron chi connectivity index (χ2n) is 20.0. The lowest BCUT2D eigenvalue weighted by Crippen LogP contribution is -2.17. The van der Waals surface area contributed by atoms with E-state index in [0.29, 0.717) is 17.0 Å². The monoisotopic (exact) mass is 1030 g/mol. The lowest BCUT2D eigenvalue weighted by Gasteiger charge is -2.32. The largest absolute Gasteiger partial charge is 0.455 e. The number of hydrogen-bond donors (Lipinski definition) is 0. The Hall–Kier alpha value is -9.23. The average molecular weight is 1030 g/mol. The van der Waals surface area contributed by atoms with Crippen LogP contribution in [0.15, 0.2) is 276 Å². The molecule has 0 fully saturated rings. The predicted octanol–water partition coefficient (Wildman–Crippen LogP) is 20.9. The van der Waals surface area contributed by atoms with E-state index in [9.17, 15) is 0 Å².